The third kappa shape index (κ3) is 6.10. The van der Waals surface area contributed by atoms with E-state index in [1.165, 1.54) is 12.1 Å². The second-order valence-corrected chi connectivity index (χ2v) is 7.33. The summed E-state index contributed by atoms with van der Waals surface area (Å²) in [6, 6.07) is 5.87. The maximum Gasteiger partial charge on any atom is 0.315 e. The highest BCUT2D eigenvalue weighted by molar-refractivity contribution is 7.89. The summed E-state index contributed by atoms with van der Waals surface area (Å²) in [6.45, 7) is 10.4. The number of primary sulfonamides is 1. The molecule has 4 N–H and O–H groups in total. The van der Waals surface area contributed by atoms with Crippen molar-refractivity contribution in [2.75, 3.05) is 19.6 Å². The first-order valence-electron chi connectivity index (χ1n) is 8.10. The van der Waals surface area contributed by atoms with Crippen molar-refractivity contribution >= 4 is 16.1 Å². The molecule has 0 aromatic heterocycles. The first kappa shape index (κ1) is 20.4. The quantitative estimate of drug-likeness (QED) is 0.655. The monoisotopic (exact) mass is 356 g/mol. The molecule has 1 rings (SSSR count). The predicted molar refractivity (Wildman–Crippen MR) is 95.1 cm³/mol. The summed E-state index contributed by atoms with van der Waals surface area (Å²) in [5.74, 6) is 0. The number of hydrogen-bond acceptors (Lipinski definition) is 4. The SMILES string of the molecule is CCN(CC)C(C)CNC(=O)NC(C)c1cccc(S(N)(=O)=O)c1. The smallest absolute Gasteiger partial charge is 0.315 e. The molecule has 8 heteroatoms. The molecule has 2 unspecified atom stereocenters. The second-order valence-electron chi connectivity index (χ2n) is 5.76. The number of benzene rings is 1. The van der Waals surface area contributed by atoms with E-state index in [1.807, 2.05) is 0 Å². The number of nitrogens with two attached hydrogens (primary N) is 1. The third-order valence-corrected chi connectivity index (χ3v) is 4.94. The van der Waals surface area contributed by atoms with Crippen LogP contribution in [0.4, 0.5) is 4.79 Å². The molecule has 0 radical (unpaired) electrons. The molecular weight excluding hydrogens is 328 g/mol. The van der Waals surface area contributed by atoms with Gasteiger partial charge >= 0.3 is 6.03 Å². The molecule has 2 amide bonds. The molecule has 7 nitrogen and oxygen atoms in total. The van der Waals surface area contributed by atoms with Crippen LogP contribution in [0.3, 0.4) is 0 Å². The molecule has 0 aliphatic rings. The Balaban J connectivity index is 2.62. The first-order chi connectivity index (χ1) is 11.2. The molecular formula is C16H28N4O3S. The van der Waals surface area contributed by atoms with Crippen LogP contribution in [0.15, 0.2) is 29.2 Å². The van der Waals surface area contributed by atoms with E-state index in [4.69, 9.17) is 5.14 Å². The maximum atomic E-state index is 12.0. The lowest BCUT2D eigenvalue weighted by Crippen LogP contribution is -2.45. The van der Waals surface area contributed by atoms with Crippen molar-refractivity contribution in [2.45, 2.75) is 44.7 Å². The fraction of sp³-hybridized carbons (Fsp3) is 0.562. The highest BCUT2D eigenvalue weighted by atomic mass is 32.2. The van der Waals surface area contributed by atoms with Gasteiger partial charge in [-0.15, -0.1) is 0 Å². The summed E-state index contributed by atoms with van der Waals surface area (Å²) in [7, 11) is -3.76. The lowest BCUT2D eigenvalue weighted by molar-refractivity contribution is 0.213. The van der Waals surface area contributed by atoms with Crippen LogP contribution in [-0.2, 0) is 10.0 Å². The normalized spacial score (nSPS) is 14.2. The van der Waals surface area contributed by atoms with Crippen LogP contribution >= 0.6 is 0 Å². The number of nitrogens with zero attached hydrogens (tertiary/aromatic N) is 1. The number of carbonyl (C=O) groups is 1. The number of urea groups is 1. The van der Waals surface area contributed by atoms with Gasteiger partial charge in [-0.3, -0.25) is 4.90 Å². The topological polar surface area (TPSA) is 105 Å². The first-order valence-corrected chi connectivity index (χ1v) is 9.64. The lowest BCUT2D eigenvalue weighted by atomic mass is 10.1. The Kier molecular flexibility index (Phi) is 7.65. The predicted octanol–water partition coefficient (Wildman–Crippen LogP) is 1.42. The molecule has 0 saturated heterocycles. The Hall–Kier alpha value is -1.64. The fourth-order valence-electron chi connectivity index (χ4n) is 2.51. The third-order valence-electron chi connectivity index (χ3n) is 4.03. The molecule has 0 bridgehead atoms. The van der Waals surface area contributed by atoms with E-state index in [0.29, 0.717) is 12.1 Å². The van der Waals surface area contributed by atoms with E-state index >= 15 is 0 Å². The van der Waals surface area contributed by atoms with Crippen LogP contribution in [-0.4, -0.2) is 45.0 Å². The van der Waals surface area contributed by atoms with Crippen molar-refractivity contribution in [3.05, 3.63) is 29.8 Å². The standard InChI is InChI=1S/C16H28N4O3S/c1-5-20(6-2)12(3)11-18-16(21)19-13(4)14-8-7-9-15(10-14)24(17,22)23/h7-10,12-13H,5-6,11H2,1-4H3,(H2,17,22,23)(H2,18,19,21). The van der Waals surface area contributed by atoms with Gasteiger partial charge in [0.15, 0.2) is 0 Å². The summed E-state index contributed by atoms with van der Waals surface area (Å²) in [4.78, 5) is 14.3. The lowest BCUT2D eigenvalue weighted by Gasteiger charge is -2.26. The van der Waals surface area contributed by atoms with Crippen LogP contribution in [0.5, 0.6) is 0 Å². The Bertz CT molecular complexity index is 644. The van der Waals surface area contributed by atoms with Gasteiger partial charge in [-0.25, -0.2) is 18.4 Å². The van der Waals surface area contributed by atoms with Crippen LogP contribution in [0.25, 0.3) is 0 Å². The largest absolute Gasteiger partial charge is 0.337 e. The average Bonchev–Trinajstić information content (AvgIpc) is 2.53. The zero-order valence-electron chi connectivity index (χ0n) is 14.7. The van der Waals surface area contributed by atoms with Gasteiger partial charge < -0.3 is 10.6 Å². The van der Waals surface area contributed by atoms with Crippen molar-refractivity contribution in [1.82, 2.24) is 15.5 Å². The number of sulfonamides is 1. The zero-order valence-corrected chi connectivity index (χ0v) is 15.6. The van der Waals surface area contributed by atoms with E-state index in [-0.39, 0.29) is 23.0 Å². The minimum absolute atomic E-state index is 0.0317. The van der Waals surface area contributed by atoms with E-state index in [9.17, 15) is 13.2 Å². The minimum atomic E-state index is -3.76. The molecule has 24 heavy (non-hydrogen) atoms. The van der Waals surface area contributed by atoms with Gasteiger partial charge in [-0.05, 0) is 44.6 Å². The molecule has 1 aromatic rings. The molecule has 0 heterocycles. The molecule has 0 aliphatic heterocycles. The molecule has 0 fully saturated rings. The minimum Gasteiger partial charge on any atom is -0.337 e. The van der Waals surface area contributed by atoms with E-state index < -0.39 is 10.0 Å². The summed E-state index contributed by atoms with van der Waals surface area (Å²) in [5, 5.41) is 10.8. The number of nitrogens with one attached hydrogen (secondary N) is 2. The van der Waals surface area contributed by atoms with Crippen molar-refractivity contribution < 1.29 is 13.2 Å². The van der Waals surface area contributed by atoms with Gasteiger partial charge in [-0.2, -0.15) is 0 Å². The molecule has 136 valence electrons. The summed E-state index contributed by atoms with van der Waals surface area (Å²) >= 11 is 0. The van der Waals surface area contributed by atoms with E-state index in [1.54, 1.807) is 19.1 Å². The van der Waals surface area contributed by atoms with Gasteiger partial charge in [0.05, 0.1) is 10.9 Å². The molecule has 0 saturated carbocycles. The van der Waals surface area contributed by atoms with Crippen LogP contribution in [0.1, 0.15) is 39.3 Å². The maximum absolute atomic E-state index is 12.0. The highest BCUT2D eigenvalue weighted by Crippen LogP contribution is 2.16. The molecule has 0 aliphatic carbocycles. The Labute approximate surface area is 144 Å². The van der Waals surface area contributed by atoms with Gasteiger partial charge in [0.2, 0.25) is 10.0 Å². The number of rotatable bonds is 8. The summed E-state index contributed by atoms with van der Waals surface area (Å²) in [6.07, 6.45) is 0. The summed E-state index contributed by atoms with van der Waals surface area (Å²) < 4.78 is 22.8. The number of likely N-dealkylation sites (N-methyl/N-ethyl adjacent to an activating group) is 1. The summed E-state index contributed by atoms with van der Waals surface area (Å²) in [5.41, 5.74) is 0.675. The number of hydrogen-bond donors (Lipinski definition) is 3. The van der Waals surface area contributed by atoms with Crippen LogP contribution in [0, 0.1) is 0 Å². The molecule has 0 spiro atoms. The Morgan fingerprint density at radius 2 is 1.88 bits per heavy atom. The fourth-order valence-corrected chi connectivity index (χ4v) is 3.08. The second kappa shape index (κ2) is 9.00. The van der Waals surface area contributed by atoms with Gasteiger partial charge in [0.1, 0.15) is 0 Å². The average molecular weight is 356 g/mol. The van der Waals surface area contributed by atoms with E-state index in [0.717, 1.165) is 13.1 Å². The van der Waals surface area contributed by atoms with Gasteiger partial charge in [0, 0.05) is 12.6 Å². The van der Waals surface area contributed by atoms with Crippen LogP contribution in [0.2, 0.25) is 0 Å². The van der Waals surface area contributed by atoms with Gasteiger partial charge in [0.25, 0.3) is 0 Å². The molecule has 2 atom stereocenters. The number of amides is 2. The van der Waals surface area contributed by atoms with Crippen molar-refractivity contribution in [3.8, 4) is 0 Å². The molecule has 1 aromatic carbocycles. The van der Waals surface area contributed by atoms with Crippen molar-refractivity contribution in [2.24, 2.45) is 5.14 Å². The van der Waals surface area contributed by atoms with Crippen LogP contribution < -0.4 is 15.8 Å². The number of carbonyl (C=O) groups excluding carboxylic acids is 1. The Morgan fingerprint density at radius 3 is 2.42 bits per heavy atom. The zero-order chi connectivity index (χ0) is 18.3. The Morgan fingerprint density at radius 1 is 1.25 bits per heavy atom. The van der Waals surface area contributed by atoms with E-state index in [2.05, 4.69) is 36.3 Å². The highest BCUT2D eigenvalue weighted by Gasteiger charge is 2.15. The van der Waals surface area contributed by atoms with Crippen molar-refractivity contribution in [1.29, 1.82) is 0 Å². The van der Waals surface area contributed by atoms with Gasteiger partial charge in [-0.1, -0.05) is 26.0 Å². The van der Waals surface area contributed by atoms with Crippen molar-refractivity contribution in [3.63, 3.8) is 0 Å².